The monoisotopic (exact) mass is 1390 g/mol. The first-order valence-corrected chi connectivity index (χ1v) is 42.9. The number of nitrogens with zero attached hydrogens (tertiary/aromatic N) is 1. The third kappa shape index (κ3) is 18.4. The fourth-order valence-electron chi connectivity index (χ4n) is 17.3. The summed E-state index contributed by atoms with van der Waals surface area (Å²) in [5.41, 5.74) is 23.1. The molecule has 2 heterocycles. The van der Waals surface area contributed by atoms with Gasteiger partial charge >= 0.3 is 0 Å². The summed E-state index contributed by atoms with van der Waals surface area (Å²) in [4.78, 5) is 5.17. The van der Waals surface area contributed by atoms with Gasteiger partial charge in [0.1, 0.15) is 0 Å². The van der Waals surface area contributed by atoms with Crippen molar-refractivity contribution in [2.24, 2.45) is 0 Å². The van der Waals surface area contributed by atoms with E-state index >= 15 is 0 Å². The Labute approximate surface area is 625 Å². The third-order valence-corrected chi connectivity index (χ3v) is 25.4. The lowest BCUT2D eigenvalue weighted by atomic mass is 9.70. The number of hydrogen-bond acceptors (Lipinski definition) is 3. The molecule has 0 unspecified atom stereocenters. The van der Waals surface area contributed by atoms with E-state index in [1.165, 1.54) is 332 Å². The largest absolute Gasteiger partial charge is 0.311 e. The van der Waals surface area contributed by atoms with Crippen LogP contribution in [0.25, 0.3) is 85.9 Å². The number of hydrogen-bond donors (Lipinski definition) is 0. The molecule has 3 heteroatoms. The number of fused-ring (bicyclic) bond motifs is 8. The van der Waals surface area contributed by atoms with E-state index in [1.807, 2.05) is 22.7 Å². The number of unbranched alkanes of at least 4 members (excludes halogenated alkanes) is 28. The van der Waals surface area contributed by atoms with Crippen LogP contribution in [0, 0.1) is 13.8 Å². The van der Waals surface area contributed by atoms with Gasteiger partial charge in [0.15, 0.2) is 0 Å². The van der Waals surface area contributed by atoms with Crippen molar-refractivity contribution in [2.75, 3.05) is 4.90 Å². The van der Waals surface area contributed by atoms with Crippen molar-refractivity contribution in [1.29, 1.82) is 0 Å². The molecule has 9 aromatic carbocycles. The molecule has 0 saturated carbocycles. The first-order chi connectivity index (χ1) is 50.3. The molecule has 2 aromatic heterocycles. The first-order valence-electron chi connectivity index (χ1n) is 41.2. The summed E-state index contributed by atoms with van der Waals surface area (Å²) in [6.45, 7) is 13.9. The molecule has 0 saturated heterocycles. The number of benzene rings is 9. The van der Waals surface area contributed by atoms with Crippen LogP contribution >= 0.6 is 22.7 Å². The third-order valence-electron chi connectivity index (χ3n) is 23.1. The number of aryl methyl sites for hydroxylation is 4. The predicted octanol–water partition coefficient (Wildman–Crippen LogP) is 32.7. The molecule has 0 fully saturated rings. The maximum atomic E-state index is 2.62. The molecule has 0 aliphatic heterocycles. The van der Waals surface area contributed by atoms with Gasteiger partial charge in [-0.2, -0.15) is 0 Å². The summed E-state index contributed by atoms with van der Waals surface area (Å²) in [6, 6.07) is 74.2. The van der Waals surface area contributed by atoms with Crippen LogP contribution in [0.5, 0.6) is 0 Å². The molecule has 0 bridgehead atoms. The zero-order chi connectivity index (χ0) is 70.3. The highest BCUT2D eigenvalue weighted by molar-refractivity contribution is 7.23. The molecule has 0 N–H and O–H groups in total. The first kappa shape index (κ1) is 74.7. The summed E-state index contributed by atoms with van der Waals surface area (Å²) >= 11 is 3.92. The maximum absolute atomic E-state index is 2.62. The summed E-state index contributed by atoms with van der Waals surface area (Å²) in [6.07, 6.45) is 48.0. The Kier molecular flexibility index (Phi) is 27.9. The van der Waals surface area contributed by atoms with Crippen molar-refractivity contribution in [2.45, 2.75) is 278 Å². The van der Waals surface area contributed by atoms with Crippen LogP contribution in [0.15, 0.2) is 188 Å². The van der Waals surface area contributed by atoms with Crippen LogP contribution in [0.1, 0.15) is 279 Å². The second-order valence-electron chi connectivity index (χ2n) is 30.8. The molecule has 11 aromatic rings. The van der Waals surface area contributed by atoms with Crippen molar-refractivity contribution in [3.63, 3.8) is 0 Å². The van der Waals surface area contributed by atoms with Crippen molar-refractivity contribution in [3.8, 4) is 54.9 Å². The summed E-state index contributed by atoms with van der Waals surface area (Å²) < 4.78 is 2.71. The highest BCUT2D eigenvalue weighted by Crippen LogP contribution is 2.56. The smallest absolute Gasteiger partial charge is 0.0462 e. The SMILES string of the molecule is CCCCCCCCCCCCc1ccc(-c2c(C)sc3ccc4c(ccc5sc(-c6ccc(N(c7ccccc7)c7ccc(-c8ccc9c(c8)C(CCCCCCCC)(CCCCCCCC)c8cc(C)ccc8-9)cc7)cc6)c(-c6ccc(CCCCCCCCCCCC)cc6)c54)c23)cc1. The van der Waals surface area contributed by atoms with E-state index in [9.17, 15) is 0 Å². The molecule has 1 aliphatic carbocycles. The lowest BCUT2D eigenvalue weighted by Gasteiger charge is -2.33. The van der Waals surface area contributed by atoms with Crippen molar-refractivity contribution in [1.82, 2.24) is 0 Å². The number of rotatable bonds is 43. The van der Waals surface area contributed by atoms with E-state index in [-0.39, 0.29) is 5.41 Å². The number of thiophene rings is 2. The van der Waals surface area contributed by atoms with Gasteiger partial charge in [-0.25, -0.2) is 0 Å². The van der Waals surface area contributed by atoms with E-state index in [0.717, 1.165) is 23.5 Å². The van der Waals surface area contributed by atoms with Crippen LogP contribution in [0.4, 0.5) is 17.1 Å². The van der Waals surface area contributed by atoms with Gasteiger partial charge in [0.25, 0.3) is 0 Å². The molecule has 0 atom stereocenters. The van der Waals surface area contributed by atoms with Gasteiger partial charge in [-0.15, -0.1) is 22.7 Å². The Hall–Kier alpha value is -7.04. The zero-order valence-corrected chi connectivity index (χ0v) is 65.3. The van der Waals surface area contributed by atoms with Crippen LogP contribution in [0.2, 0.25) is 0 Å². The van der Waals surface area contributed by atoms with Crippen molar-refractivity contribution < 1.29 is 0 Å². The molecule has 102 heavy (non-hydrogen) atoms. The normalized spacial score (nSPS) is 12.5. The molecule has 534 valence electrons. The molecular formula is C99H121NS2. The van der Waals surface area contributed by atoms with Gasteiger partial charge in [0, 0.05) is 63.5 Å². The van der Waals surface area contributed by atoms with Gasteiger partial charge in [-0.3, -0.25) is 0 Å². The predicted molar refractivity (Wildman–Crippen MR) is 454 cm³/mol. The Morgan fingerprint density at radius 3 is 1.18 bits per heavy atom. The van der Waals surface area contributed by atoms with Crippen LogP contribution in [-0.4, -0.2) is 0 Å². The van der Waals surface area contributed by atoms with Gasteiger partial charge < -0.3 is 4.90 Å². The highest BCUT2D eigenvalue weighted by Gasteiger charge is 2.42. The Morgan fingerprint density at radius 1 is 0.304 bits per heavy atom. The minimum Gasteiger partial charge on any atom is -0.311 e. The van der Waals surface area contributed by atoms with Crippen molar-refractivity contribution >= 4 is 70.7 Å². The highest BCUT2D eigenvalue weighted by atomic mass is 32.1. The minimum atomic E-state index is 0.0405. The van der Waals surface area contributed by atoms with Gasteiger partial charge in [-0.1, -0.05) is 359 Å². The molecule has 12 rings (SSSR count). The second kappa shape index (κ2) is 38.1. The molecular weight excluding hydrogens is 1270 g/mol. The fraction of sp³-hybridized carbons (Fsp3) is 0.434. The molecule has 0 amide bonds. The van der Waals surface area contributed by atoms with E-state index in [0.29, 0.717) is 0 Å². The van der Waals surface area contributed by atoms with Crippen LogP contribution in [-0.2, 0) is 18.3 Å². The van der Waals surface area contributed by atoms with Crippen LogP contribution < -0.4 is 4.90 Å². The van der Waals surface area contributed by atoms with E-state index in [4.69, 9.17) is 0 Å². The Bertz CT molecular complexity index is 4330. The molecule has 0 radical (unpaired) electrons. The maximum Gasteiger partial charge on any atom is 0.0462 e. The Morgan fingerprint density at radius 2 is 0.686 bits per heavy atom. The minimum absolute atomic E-state index is 0.0405. The molecule has 1 aliphatic rings. The van der Waals surface area contributed by atoms with E-state index in [1.54, 1.807) is 11.1 Å². The second-order valence-corrected chi connectivity index (χ2v) is 33.1. The number of para-hydroxylation sites is 1. The topological polar surface area (TPSA) is 3.24 Å². The molecule has 0 spiro atoms. The fourth-order valence-corrected chi connectivity index (χ4v) is 19.7. The van der Waals surface area contributed by atoms with Gasteiger partial charge in [0.05, 0.1) is 0 Å². The zero-order valence-electron chi connectivity index (χ0n) is 63.6. The van der Waals surface area contributed by atoms with E-state index < -0.39 is 0 Å². The van der Waals surface area contributed by atoms with Gasteiger partial charge in [-0.05, 0) is 179 Å². The lowest BCUT2D eigenvalue weighted by molar-refractivity contribution is 0.398. The quantitative estimate of drug-likeness (QED) is 0.0344. The van der Waals surface area contributed by atoms with Crippen LogP contribution in [0.3, 0.4) is 0 Å². The summed E-state index contributed by atoms with van der Waals surface area (Å²) in [5, 5.41) is 5.47. The van der Waals surface area contributed by atoms with Crippen molar-refractivity contribution in [3.05, 3.63) is 221 Å². The van der Waals surface area contributed by atoms with E-state index in [2.05, 4.69) is 234 Å². The summed E-state index contributed by atoms with van der Waals surface area (Å²) in [7, 11) is 0. The standard InChI is InChI=1S/C99H121NS2/c1-7-11-15-19-23-25-27-29-31-36-42-76-47-51-79(52-48-76)94-75(6)101-92-68-66-89-88(96(92)94)67-69-93-97(89)95(80-53-49-77(50-54-80)43-37-32-30-28-26-24-20-16-12-8-2)98(102-93)81-57-62-85(63-58-81)100(83-44-38-35-39-45-83)84-60-55-78(56-61-84)82-59-65-87-86-64-46-74(5)72-90(86)99(91(87)73-82,70-40-33-21-17-13-9-3)71-41-34-22-18-14-10-4/h35,38-39,44-69,72-73H,7-34,36-37,40-43,70-71H2,1-6H3. The summed E-state index contributed by atoms with van der Waals surface area (Å²) in [5.74, 6) is 0. The average Bonchev–Trinajstić information content (AvgIpc) is 1.57. The lowest BCUT2D eigenvalue weighted by Crippen LogP contribution is -2.25. The van der Waals surface area contributed by atoms with Gasteiger partial charge in [0.2, 0.25) is 0 Å². The number of anilines is 3. The molecule has 1 nitrogen and oxygen atoms in total. The Balaban J connectivity index is 0.846. The average molecular weight is 1390 g/mol.